The van der Waals surface area contributed by atoms with E-state index in [1.165, 1.54) is 0 Å². The van der Waals surface area contributed by atoms with Crippen molar-refractivity contribution in [1.82, 2.24) is 0 Å². The Morgan fingerprint density at radius 3 is 2.52 bits per heavy atom. The molecule has 6 N–H and O–H groups in total. The van der Waals surface area contributed by atoms with E-state index in [1.54, 1.807) is 19.2 Å². The molecule has 0 saturated heterocycles. The second-order valence-corrected chi connectivity index (χ2v) is 4.81. The summed E-state index contributed by atoms with van der Waals surface area (Å²) in [4.78, 5) is 0. The zero-order valence-electron chi connectivity index (χ0n) is 12.1. The summed E-state index contributed by atoms with van der Waals surface area (Å²) in [5, 5.41) is 0. The molecule has 0 saturated carbocycles. The van der Waals surface area contributed by atoms with Crippen molar-refractivity contribution >= 4 is 17.1 Å². The lowest BCUT2D eigenvalue weighted by atomic mass is 10.0. The van der Waals surface area contributed by atoms with Gasteiger partial charge in [0, 0.05) is 30.5 Å². The first-order chi connectivity index (χ1) is 10.1. The molecule has 5 heteroatoms. The fraction of sp³-hybridized carbons (Fsp3) is 0.250. The van der Waals surface area contributed by atoms with Gasteiger partial charge in [0.25, 0.3) is 0 Å². The van der Waals surface area contributed by atoms with Crippen LogP contribution in [0.3, 0.4) is 0 Å². The molecule has 0 aromatic heterocycles. The molecule has 2 rings (SSSR count). The lowest BCUT2D eigenvalue weighted by Crippen LogP contribution is -2.08. The van der Waals surface area contributed by atoms with E-state index in [0.717, 1.165) is 16.8 Å². The fourth-order valence-electron chi connectivity index (χ4n) is 2.13. The molecule has 0 radical (unpaired) electrons. The Morgan fingerprint density at radius 2 is 1.81 bits per heavy atom. The van der Waals surface area contributed by atoms with Crippen LogP contribution in [0, 0.1) is 0 Å². The average molecular weight is 287 g/mol. The Hall–Kier alpha value is -2.40. The zero-order chi connectivity index (χ0) is 15.2. The number of rotatable bonds is 6. The highest BCUT2D eigenvalue weighted by atomic mass is 16.5. The van der Waals surface area contributed by atoms with Crippen LogP contribution in [0.4, 0.5) is 17.1 Å². The number of nitrogen functional groups attached to an aromatic ring is 3. The molecule has 0 spiro atoms. The van der Waals surface area contributed by atoms with E-state index < -0.39 is 0 Å². The van der Waals surface area contributed by atoms with Crippen LogP contribution in [-0.4, -0.2) is 20.3 Å². The normalized spacial score (nSPS) is 10.5. The Kier molecular flexibility index (Phi) is 4.90. The number of anilines is 3. The van der Waals surface area contributed by atoms with Gasteiger partial charge in [-0.15, -0.1) is 0 Å². The van der Waals surface area contributed by atoms with Gasteiger partial charge in [-0.05, 0) is 29.8 Å². The Balaban J connectivity index is 2.23. The van der Waals surface area contributed by atoms with Crippen molar-refractivity contribution in [3.8, 4) is 5.75 Å². The molecule has 0 heterocycles. The Bertz CT molecular complexity index is 614. The summed E-state index contributed by atoms with van der Waals surface area (Å²) in [5.41, 5.74) is 21.9. The summed E-state index contributed by atoms with van der Waals surface area (Å²) in [6.45, 7) is 0.955. The predicted octanol–water partition coefficient (Wildman–Crippen LogP) is 2.05. The van der Waals surface area contributed by atoms with Gasteiger partial charge in [0.15, 0.2) is 0 Å². The van der Waals surface area contributed by atoms with Crippen LogP contribution in [0.15, 0.2) is 36.4 Å². The van der Waals surface area contributed by atoms with Crippen molar-refractivity contribution < 1.29 is 9.47 Å². The van der Waals surface area contributed by atoms with Gasteiger partial charge in [0.1, 0.15) is 12.4 Å². The summed E-state index contributed by atoms with van der Waals surface area (Å²) < 4.78 is 10.6. The fourth-order valence-corrected chi connectivity index (χ4v) is 2.13. The molecular weight excluding hydrogens is 266 g/mol. The molecule has 0 aliphatic heterocycles. The van der Waals surface area contributed by atoms with Crippen molar-refractivity contribution in [1.29, 1.82) is 0 Å². The second kappa shape index (κ2) is 6.85. The molecule has 0 unspecified atom stereocenters. The number of hydrogen-bond donors (Lipinski definition) is 3. The van der Waals surface area contributed by atoms with Gasteiger partial charge in [-0.25, -0.2) is 0 Å². The van der Waals surface area contributed by atoms with E-state index in [-0.39, 0.29) is 0 Å². The third-order valence-electron chi connectivity index (χ3n) is 3.23. The molecule has 5 nitrogen and oxygen atoms in total. The summed E-state index contributed by atoms with van der Waals surface area (Å²) in [5.74, 6) is 0.625. The topological polar surface area (TPSA) is 96.5 Å². The maximum atomic E-state index is 6.18. The quantitative estimate of drug-likeness (QED) is 0.558. The van der Waals surface area contributed by atoms with Crippen molar-refractivity contribution in [2.75, 3.05) is 37.5 Å². The van der Waals surface area contributed by atoms with Gasteiger partial charge >= 0.3 is 0 Å². The number of methoxy groups -OCH3 is 1. The molecule has 21 heavy (non-hydrogen) atoms. The first kappa shape index (κ1) is 15.0. The van der Waals surface area contributed by atoms with Crippen LogP contribution in [0.5, 0.6) is 5.75 Å². The SMILES string of the molecule is COCCOc1ccc(N)c(Cc2cccc(N)c2)c1N. The summed E-state index contributed by atoms with van der Waals surface area (Å²) in [6, 6.07) is 11.3. The lowest BCUT2D eigenvalue weighted by molar-refractivity contribution is 0.146. The van der Waals surface area contributed by atoms with Crippen molar-refractivity contribution in [2.24, 2.45) is 0 Å². The van der Waals surface area contributed by atoms with Gasteiger partial charge < -0.3 is 26.7 Å². The Labute approximate surface area is 124 Å². The van der Waals surface area contributed by atoms with Crippen LogP contribution in [0.25, 0.3) is 0 Å². The number of nitrogens with two attached hydrogens (primary N) is 3. The molecule has 0 aliphatic carbocycles. The van der Waals surface area contributed by atoms with Crippen molar-refractivity contribution in [3.05, 3.63) is 47.5 Å². The highest BCUT2D eigenvalue weighted by Crippen LogP contribution is 2.32. The van der Waals surface area contributed by atoms with Crippen LogP contribution in [-0.2, 0) is 11.2 Å². The number of benzene rings is 2. The smallest absolute Gasteiger partial charge is 0.142 e. The second-order valence-electron chi connectivity index (χ2n) is 4.81. The minimum Gasteiger partial charge on any atom is -0.489 e. The van der Waals surface area contributed by atoms with E-state index in [0.29, 0.717) is 36.8 Å². The molecule has 0 bridgehead atoms. The van der Waals surface area contributed by atoms with E-state index in [9.17, 15) is 0 Å². The van der Waals surface area contributed by atoms with Crippen LogP contribution in [0.2, 0.25) is 0 Å². The third-order valence-corrected chi connectivity index (χ3v) is 3.23. The molecule has 2 aromatic carbocycles. The van der Waals surface area contributed by atoms with Gasteiger partial charge in [0.05, 0.1) is 12.3 Å². The third kappa shape index (κ3) is 3.79. The van der Waals surface area contributed by atoms with Gasteiger partial charge in [-0.2, -0.15) is 0 Å². The summed E-state index contributed by atoms with van der Waals surface area (Å²) in [6.07, 6.45) is 0.615. The minimum absolute atomic E-state index is 0.447. The average Bonchev–Trinajstić information content (AvgIpc) is 2.46. The van der Waals surface area contributed by atoms with E-state index in [1.807, 2.05) is 24.3 Å². The first-order valence-electron chi connectivity index (χ1n) is 6.74. The van der Waals surface area contributed by atoms with Crippen LogP contribution >= 0.6 is 0 Å². The van der Waals surface area contributed by atoms with E-state index in [4.69, 9.17) is 26.7 Å². The molecule has 112 valence electrons. The molecule has 0 atom stereocenters. The summed E-state index contributed by atoms with van der Waals surface area (Å²) in [7, 11) is 1.63. The van der Waals surface area contributed by atoms with E-state index >= 15 is 0 Å². The highest BCUT2D eigenvalue weighted by Gasteiger charge is 2.11. The monoisotopic (exact) mass is 287 g/mol. The number of hydrogen-bond acceptors (Lipinski definition) is 5. The Morgan fingerprint density at radius 1 is 1.00 bits per heavy atom. The molecule has 0 aliphatic rings. The highest BCUT2D eigenvalue weighted by molar-refractivity contribution is 5.69. The zero-order valence-corrected chi connectivity index (χ0v) is 12.1. The molecular formula is C16H21N3O2. The van der Waals surface area contributed by atoms with Gasteiger partial charge in [-0.1, -0.05) is 12.1 Å². The number of ether oxygens (including phenoxy) is 2. The largest absolute Gasteiger partial charge is 0.489 e. The molecule has 2 aromatic rings. The summed E-state index contributed by atoms with van der Waals surface area (Å²) >= 11 is 0. The van der Waals surface area contributed by atoms with Crippen LogP contribution < -0.4 is 21.9 Å². The van der Waals surface area contributed by atoms with Crippen molar-refractivity contribution in [3.63, 3.8) is 0 Å². The lowest BCUT2D eigenvalue weighted by Gasteiger charge is -2.15. The predicted molar refractivity (Wildman–Crippen MR) is 86.3 cm³/mol. The molecule has 0 fully saturated rings. The van der Waals surface area contributed by atoms with Gasteiger partial charge in [-0.3, -0.25) is 0 Å². The minimum atomic E-state index is 0.447. The van der Waals surface area contributed by atoms with Gasteiger partial charge in [0.2, 0.25) is 0 Å². The van der Waals surface area contributed by atoms with Crippen molar-refractivity contribution in [2.45, 2.75) is 6.42 Å². The maximum Gasteiger partial charge on any atom is 0.142 e. The standard InChI is InChI=1S/C16H21N3O2/c1-20-7-8-21-15-6-5-14(18)13(16(15)19)10-11-3-2-4-12(17)9-11/h2-6,9H,7-8,10,17-19H2,1H3. The first-order valence-corrected chi connectivity index (χ1v) is 6.74. The maximum absolute atomic E-state index is 6.18. The van der Waals surface area contributed by atoms with Crippen LogP contribution in [0.1, 0.15) is 11.1 Å². The molecule has 0 amide bonds. The van der Waals surface area contributed by atoms with E-state index in [2.05, 4.69) is 0 Å².